The van der Waals surface area contributed by atoms with Crippen molar-refractivity contribution in [2.24, 2.45) is 5.92 Å². The number of aldehydes is 1. The maximum absolute atomic E-state index is 12.8. The van der Waals surface area contributed by atoms with E-state index in [0.29, 0.717) is 17.9 Å². The molecule has 1 amide bonds. The average Bonchev–Trinajstić information content (AvgIpc) is 2.78. The van der Waals surface area contributed by atoms with Crippen LogP contribution in [-0.2, 0) is 11.3 Å². The van der Waals surface area contributed by atoms with Crippen molar-refractivity contribution in [1.82, 2.24) is 10.2 Å². The fourth-order valence-corrected chi connectivity index (χ4v) is 4.05. The van der Waals surface area contributed by atoms with Gasteiger partial charge in [0.15, 0.2) is 0 Å². The molecule has 1 heterocycles. The molecule has 3 rings (SSSR count). The minimum atomic E-state index is -0.461. The van der Waals surface area contributed by atoms with E-state index in [2.05, 4.69) is 34.5 Å². The lowest BCUT2D eigenvalue weighted by atomic mass is 10.0. The van der Waals surface area contributed by atoms with Crippen LogP contribution in [0.1, 0.15) is 66.6 Å². The zero-order valence-electron chi connectivity index (χ0n) is 18.7. The number of hydrogen-bond acceptors (Lipinski definition) is 3. The summed E-state index contributed by atoms with van der Waals surface area (Å²) in [4.78, 5) is 26.6. The van der Waals surface area contributed by atoms with Crippen LogP contribution in [0.15, 0.2) is 48.5 Å². The van der Waals surface area contributed by atoms with Crippen molar-refractivity contribution in [3.63, 3.8) is 0 Å². The highest BCUT2D eigenvalue weighted by Gasteiger charge is 2.16. The lowest BCUT2D eigenvalue weighted by Gasteiger charge is -2.26. The largest absolute Gasteiger partial charge is 0.343 e. The van der Waals surface area contributed by atoms with Crippen LogP contribution in [0.25, 0.3) is 12.2 Å². The number of amides is 1. The summed E-state index contributed by atoms with van der Waals surface area (Å²) in [6.45, 7) is 7.49. The zero-order chi connectivity index (χ0) is 22.1. The van der Waals surface area contributed by atoms with Crippen LogP contribution in [0.3, 0.4) is 0 Å². The summed E-state index contributed by atoms with van der Waals surface area (Å²) in [7, 11) is 0. The van der Waals surface area contributed by atoms with E-state index >= 15 is 0 Å². The lowest BCUT2D eigenvalue weighted by molar-refractivity contribution is -0.109. The highest BCUT2D eigenvalue weighted by atomic mass is 16.2. The smallest absolute Gasteiger partial charge is 0.252 e. The van der Waals surface area contributed by atoms with Gasteiger partial charge in [-0.2, -0.15) is 0 Å². The Morgan fingerprint density at radius 1 is 1.00 bits per heavy atom. The van der Waals surface area contributed by atoms with Crippen molar-refractivity contribution < 1.29 is 9.59 Å². The summed E-state index contributed by atoms with van der Waals surface area (Å²) >= 11 is 0. The van der Waals surface area contributed by atoms with E-state index in [1.54, 1.807) is 6.07 Å². The fourth-order valence-electron chi connectivity index (χ4n) is 4.05. The van der Waals surface area contributed by atoms with E-state index in [4.69, 9.17) is 0 Å². The first kappa shape index (κ1) is 23.0. The molecule has 1 N–H and O–H groups in total. The topological polar surface area (TPSA) is 49.4 Å². The van der Waals surface area contributed by atoms with Crippen LogP contribution < -0.4 is 5.32 Å². The number of benzene rings is 2. The van der Waals surface area contributed by atoms with Gasteiger partial charge in [-0.3, -0.25) is 9.69 Å². The predicted octanol–water partition coefficient (Wildman–Crippen LogP) is 5.19. The molecule has 0 aliphatic carbocycles. The Morgan fingerprint density at radius 2 is 1.71 bits per heavy atom. The molecule has 1 aliphatic rings. The first-order valence-electron chi connectivity index (χ1n) is 11.4. The van der Waals surface area contributed by atoms with E-state index in [1.807, 2.05) is 44.2 Å². The van der Waals surface area contributed by atoms with Gasteiger partial charge in [0.05, 0.1) is 6.04 Å². The number of carbonyl (C=O) groups is 2. The Morgan fingerprint density at radius 3 is 2.39 bits per heavy atom. The lowest BCUT2D eigenvalue weighted by Crippen LogP contribution is -2.37. The third-order valence-corrected chi connectivity index (χ3v) is 5.70. The molecule has 1 unspecified atom stereocenters. The molecule has 0 saturated carbocycles. The second kappa shape index (κ2) is 11.6. The van der Waals surface area contributed by atoms with Gasteiger partial charge in [-0.25, -0.2) is 0 Å². The van der Waals surface area contributed by atoms with E-state index in [1.165, 1.54) is 37.9 Å². The second-order valence-corrected chi connectivity index (χ2v) is 8.84. The molecule has 2 aromatic carbocycles. The maximum atomic E-state index is 12.8. The van der Waals surface area contributed by atoms with E-state index in [0.717, 1.165) is 24.0 Å². The highest BCUT2D eigenvalue weighted by Crippen LogP contribution is 2.17. The summed E-state index contributed by atoms with van der Waals surface area (Å²) in [5.41, 5.74) is 3.86. The van der Waals surface area contributed by atoms with E-state index in [-0.39, 0.29) is 5.91 Å². The molecule has 1 aliphatic heterocycles. The number of nitrogens with zero attached hydrogens (tertiary/aromatic N) is 1. The number of rotatable bonds is 9. The van der Waals surface area contributed by atoms with Crippen molar-refractivity contribution in [1.29, 1.82) is 0 Å². The molecular weight excluding hydrogens is 384 g/mol. The number of hydrogen-bond donors (Lipinski definition) is 1. The van der Waals surface area contributed by atoms with Crippen LogP contribution in [0.2, 0.25) is 0 Å². The quantitative estimate of drug-likeness (QED) is 0.451. The average molecular weight is 419 g/mol. The van der Waals surface area contributed by atoms with Gasteiger partial charge in [0.1, 0.15) is 6.29 Å². The Balaban J connectivity index is 1.65. The summed E-state index contributed by atoms with van der Waals surface area (Å²) in [5, 5.41) is 2.85. The third kappa shape index (κ3) is 7.18. The maximum Gasteiger partial charge on any atom is 0.252 e. The van der Waals surface area contributed by atoms with Crippen molar-refractivity contribution in [3.8, 4) is 0 Å². The van der Waals surface area contributed by atoms with Gasteiger partial charge in [-0.1, -0.05) is 74.9 Å². The molecule has 2 aromatic rings. The van der Waals surface area contributed by atoms with Crippen LogP contribution in [-0.4, -0.2) is 36.2 Å². The summed E-state index contributed by atoms with van der Waals surface area (Å²) in [6.07, 6.45) is 9.42. The van der Waals surface area contributed by atoms with Gasteiger partial charge < -0.3 is 10.1 Å². The van der Waals surface area contributed by atoms with Gasteiger partial charge >= 0.3 is 0 Å². The van der Waals surface area contributed by atoms with Gasteiger partial charge in [-0.15, -0.1) is 0 Å². The SMILES string of the molecule is CC(C)CC(C=O)NC(=O)c1ccccc1C=Cc1ccc(CN2CCCCC2)cc1. The minimum absolute atomic E-state index is 0.213. The molecular formula is C27H34N2O2. The number of nitrogens with one attached hydrogen (secondary N) is 1. The molecule has 1 atom stereocenters. The molecule has 1 saturated heterocycles. The molecule has 1 fully saturated rings. The Kier molecular flexibility index (Phi) is 8.60. The highest BCUT2D eigenvalue weighted by molar-refractivity contribution is 5.99. The predicted molar refractivity (Wildman–Crippen MR) is 128 cm³/mol. The monoisotopic (exact) mass is 418 g/mol. The van der Waals surface area contributed by atoms with Crippen LogP contribution >= 0.6 is 0 Å². The number of likely N-dealkylation sites (tertiary alicyclic amines) is 1. The molecule has 0 bridgehead atoms. The minimum Gasteiger partial charge on any atom is -0.343 e. The van der Waals surface area contributed by atoms with Crippen LogP contribution in [0, 0.1) is 5.92 Å². The molecule has 31 heavy (non-hydrogen) atoms. The fraction of sp³-hybridized carbons (Fsp3) is 0.407. The first-order valence-corrected chi connectivity index (χ1v) is 11.4. The molecule has 0 aromatic heterocycles. The zero-order valence-corrected chi connectivity index (χ0v) is 18.7. The molecule has 0 radical (unpaired) electrons. The van der Waals surface area contributed by atoms with E-state index < -0.39 is 6.04 Å². The van der Waals surface area contributed by atoms with Crippen molar-refractivity contribution in [3.05, 3.63) is 70.8 Å². The van der Waals surface area contributed by atoms with Gasteiger partial charge in [0, 0.05) is 12.1 Å². The van der Waals surface area contributed by atoms with Crippen molar-refractivity contribution >= 4 is 24.3 Å². The normalized spacial score (nSPS) is 15.8. The summed E-state index contributed by atoms with van der Waals surface area (Å²) in [6, 6.07) is 15.7. The Labute approximate surface area is 186 Å². The Hall–Kier alpha value is -2.72. The third-order valence-electron chi connectivity index (χ3n) is 5.70. The van der Waals surface area contributed by atoms with Crippen LogP contribution in [0.5, 0.6) is 0 Å². The number of carbonyl (C=O) groups excluding carboxylic acids is 2. The van der Waals surface area contributed by atoms with Crippen molar-refractivity contribution in [2.75, 3.05) is 13.1 Å². The first-order chi connectivity index (χ1) is 15.0. The standard InChI is InChI=1S/C27H34N2O2/c1-21(2)18-25(20-30)28-27(31)26-9-5-4-8-24(26)15-14-22-10-12-23(13-11-22)19-29-16-6-3-7-17-29/h4-5,8-15,20-21,25H,3,6-7,16-19H2,1-2H3,(H,28,31). The van der Waals surface area contributed by atoms with Crippen LogP contribution in [0.4, 0.5) is 0 Å². The second-order valence-electron chi connectivity index (χ2n) is 8.84. The van der Waals surface area contributed by atoms with Gasteiger partial charge in [-0.05, 0) is 61.0 Å². The van der Waals surface area contributed by atoms with E-state index in [9.17, 15) is 9.59 Å². The number of piperidine rings is 1. The molecule has 164 valence electrons. The molecule has 4 heteroatoms. The van der Waals surface area contributed by atoms with Crippen molar-refractivity contribution in [2.45, 2.75) is 52.1 Å². The Bertz CT molecular complexity index is 880. The summed E-state index contributed by atoms with van der Waals surface area (Å²) in [5.74, 6) is 0.124. The summed E-state index contributed by atoms with van der Waals surface area (Å²) < 4.78 is 0. The molecule has 4 nitrogen and oxygen atoms in total. The van der Waals surface area contributed by atoms with Gasteiger partial charge in [0.2, 0.25) is 0 Å². The van der Waals surface area contributed by atoms with Gasteiger partial charge in [0.25, 0.3) is 5.91 Å². The molecule has 0 spiro atoms.